The summed E-state index contributed by atoms with van der Waals surface area (Å²) in [4.78, 5) is 8.47. The molecule has 82 valence electrons. The van der Waals surface area contributed by atoms with Gasteiger partial charge in [0, 0.05) is 12.1 Å². The molecule has 0 saturated heterocycles. The maximum absolute atomic E-state index is 10.5. The molecule has 0 unspecified atom stereocenters. The smallest absolute Gasteiger partial charge is 0.744 e. The molecule has 0 aliphatic carbocycles. The van der Waals surface area contributed by atoms with Gasteiger partial charge in [0.2, 0.25) is 0 Å². The third-order valence-corrected chi connectivity index (χ3v) is 2.41. The van der Waals surface area contributed by atoms with Crippen molar-refractivity contribution in [3.05, 3.63) is 22.2 Å². The maximum Gasteiger partial charge on any atom is 1.00 e. The molecule has 0 aliphatic rings. The SMILES string of the molecule is Nc1c(O)cc(S(=O)(=O)[O-])cc1[N+](=O)[O-].[K+]. The van der Waals surface area contributed by atoms with Crippen LogP contribution in [0.15, 0.2) is 17.0 Å². The molecule has 8 nitrogen and oxygen atoms in total. The first-order valence-electron chi connectivity index (χ1n) is 3.46. The molecule has 0 aromatic heterocycles. The second-order valence-electron chi connectivity index (χ2n) is 2.59. The summed E-state index contributed by atoms with van der Waals surface area (Å²) in [6.45, 7) is 0. The summed E-state index contributed by atoms with van der Waals surface area (Å²) in [5, 5.41) is 19.4. The predicted octanol–water partition coefficient (Wildman–Crippen LogP) is -3.21. The van der Waals surface area contributed by atoms with Gasteiger partial charge in [-0.25, -0.2) is 8.42 Å². The van der Waals surface area contributed by atoms with Crippen molar-refractivity contribution in [3.63, 3.8) is 0 Å². The number of phenolic OH excluding ortho intramolecular Hbond substituents is 1. The van der Waals surface area contributed by atoms with Crippen molar-refractivity contribution >= 4 is 21.5 Å². The topological polar surface area (TPSA) is 147 Å². The number of phenols is 1. The Morgan fingerprint density at radius 2 is 1.88 bits per heavy atom. The third-order valence-electron chi connectivity index (χ3n) is 1.60. The molecule has 0 amide bonds. The average Bonchev–Trinajstić information content (AvgIpc) is 2.06. The Hall–Kier alpha value is -0.234. The molecule has 16 heavy (non-hydrogen) atoms. The Bertz CT molecular complexity index is 528. The van der Waals surface area contributed by atoms with Crippen LogP contribution >= 0.6 is 0 Å². The zero-order valence-corrected chi connectivity index (χ0v) is 12.0. The van der Waals surface area contributed by atoms with Gasteiger partial charge in [0.05, 0.1) is 9.82 Å². The molecular weight excluding hydrogens is 267 g/mol. The number of nitrogens with two attached hydrogens (primary N) is 1. The zero-order valence-electron chi connectivity index (χ0n) is 8.08. The minimum atomic E-state index is -4.87. The van der Waals surface area contributed by atoms with Crippen LogP contribution in [0, 0.1) is 10.1 Å². The minimum absolute atomic E-state index is 0. The van der Waals surface area contributed by atoms with Crippen molar-refractivity contribution in [2.45, 2.75) is 4.90 Å². The number of nitro benzene ring substituents is 1. The quantitative estimate of drug-likeness (QED) is 0.144. The molecule has 10 heteroatoms. The van der Waals surface area contributed by atoms with E-state index in [9.17, 15) is 23.1 Å². The number of hydrogen-bond donors (Lipinski definition) is 2. The van der Waals surface area contributed by atoms with Gasteiger partial charge >= 0.3 is 51.4 Å². The molecular formula is C6H5KN2O6S. The molecule has 1 rings (SSSR count). The van der Waals surface area contributed by atoms with Gasteiger partial charge in [0.15, 0.2) is 5.69 Å². The van der Waals surface area contributed by atoms with Crippen LogP contribution in [0.1, 0.15) is 0 Å². The molecule has 0 bridgehead atoms. The van der Waals surface area contributed by atoms with Gasteiger partial charge in [-0.05, 0) is 0 Å². The van der Waals surface area contributed by atoms with Crippen LogP contribution < -0.4 is 57.1 Å². The fourth-order valence-electron chi connectivity index (χ4n) is 0.893. The number of hydrogen-bond acceptors (Lipinski definition) is 7. The van der Waals surface area contributed by atoms with E-state index in [0.29, 0.717) is 12.1 Å². The summed E-state index contributed by atoms with van der Waals surface area (Å²) < 4.78 is 31.6. The van der Waals surface area contributed by atoms with E-state index in [-0.39, 0.29) is 51.4 Å². The third kappa shape index (κ3) is 3.38. The molecule has 1 aromatic rings. The van der Waals surface area contributed by atoms with E-state index in [0.717, 1.165) is 0 Å². The summed E-state index contributed by atoms with van der Waals surface area (Å²) in [7, 11) is -4.87. The second-order valence-corrected chi connectivity index (χ2v) is 3.97. The van der Waals surface area contributed by atoms with E-state index in [4.69, 9.17) is 10.8 Å². The molecule has 0 spiro atoms. The molecule has 3 N–H and O–H groups in total. The number of benzene rings is 1. The molecule has 0 radical (unpaired) electrons. The van der Waals surface area contributed by atoms with E-state index in [1.807, 2.05) is 0 Å². The number of aromatic hydroxyl groups is 1. The summed E-state index contributed by atoms with van der Waals surface area (Å²) >= 11 is 0. The maximum atomic E-state index is 10.5. The van der Waals surface area contributed by atoms with Gasteiger partial charge in [0.25, 0.3) is 5.69 Å². The van der Waals surface area contributed by atoms with Crippen LogP contribution in [0.3, 0.4) is 0 Å². The number of anilines is 1. The standard InChI is InChI=1S/C6H6N2O6S.K/c7-6-4(8(10)11)1-3(2-5(6)9)15(12,13)14;/h1-2,9H,7H2,(H,12,13,14);/q;+1/p-1. The van der Waals surface area contributed by atoms with Crippen molar-refractivity contribution < 1.29 is 74.4 Å². The van der Waals surface area contributed by atoms with Crippen molar-refractivity contribution in [3.8, 4) is 5.75 Å². The predicted molar refractivity (Wildman–Crippen MR) is 47.1 cm³/mol. The van der Waals surface area contributed by atoms with Crippen LogP contribution in [0.4, 0.5) is 11.4 Å². The van der Waals surface area contributed by atoms with Gasteiger partial charge in [-0.15, -0.1) is 0 Å². The Labute approximate surface area is 133 Å². The summed E-state index contributed by atoms with van der Waals surface area (Å²) in [5.41, 5.74) is 3.69. The summed E-state index contributed by atoms with van der Waals surface area (Å²) in [6.07, 6.45) is 0. The first-order chi connectivity index (χ1) is 6.73. The first-order valence-corrected chi connectivity index (χ1v) is 4.87. The van der Waals surface area contributed by atoms with Gasteiger partial charge in [0.1, 0.15) is 15.9 Å². The second kappa shape index (κ2) is 5.40. The Morgan fingerprint density at radius 1 is 1.38 bits per heavy atom. The Kier molecular flexibility index (Phi) is 5.32. The number of nitrogen functional groups attached to an aromatic ring is 1. The number of nitro groups is 1. The number of rotatable bonds is 2. The van der Waals surface area contributed by atoms with E-state index >= 15 is 0 Å². The van der Waals surface area contributed by atoms with Gasteiger partial charge < -0.3 is 15.4 Å². The van der Waals surface area contributed by atoms with Crippen LogP contribution in [-0.4, -0.2) is 23.0 Å². The zero-order chi connectivity index (χ0) is 11.8. The normalized spacial score (nSPS) is 10.6. The van der Waals surface area contributed by atoms with Crippen molar-refractivity contribution in [2.24, 2.45) is 0 Å². The molecule has 0 fully saturated rings. The van der Waals surface area contributed by atoms with Gasteiger partial charge in [-0.1, -0.05) is 0 Å². The minimum Gasteiger partial charge on any atom is -0.744 e. The van der Waals surface area contributed by atoms with Crippen LogP contribution in [-0.2, 0) is 10.1 Å². The fraction of sp³-hybridized carbons (Fsp3) is 0. The van der Waals surface area contributed by atoms with Gasteiger partial charge in [-0.2, -0.15) is 0 Å². The molecule has 0 atom stereocenters. The monoisotopic (exact) mass is 272 g/mol. The van der Waals surface area contributed by atoms with Crippen LogP contribution in [0.5, 0.6) is 5.75 Å². The molecule has 1 aromatic carbocycles. The van der Waals surface area contributed by atoms with Crippen molar-refractivity contribution in [1.82, 2.24) is 0 Å². The van der Waals surface area contributed by atoms with Gasteiger partial charge in [-0.3, -0.25) is 10.1 Å². The van der Waals surface area contributed by atoms with Crippen LogP contribution in [0.25, 0.3) is 0 Å². The van der Waals surface area contributed by atoms with Crippen molar-refractivity contribution in [1.29, 1.82) is 0 Å². The molecule has 0 heterocycles. The van der Waals surface area contributed by atoms with Crippen molar-refractivity contribution in [2.75, 3.05) is 5.73 Å². The summed E-state index contributed by atoms with van der Waals surface area (Å²) in [6, 6.07) is 1.06. The first kappa shape index (κ1) is 15.8. The van der Waals surface area contributed by atoms with Crippen LogP contribution in [0.2, 0.25) is 0 Å². The molecule has 0 saturated carbocycles. The molecule has 0 aliphatic heterocycles. The van der Waals surface area contributed by atoms with E-state index in [2.05, 4.69) is 0 Å². The largest absolute Gasteiger partial charge is 1.00 e. The average molecular weight is 272 g/mol. The van der Waals surface area contributed by atoms with E-state index in [1.54, 1.807) is 0 Å². The number of nitrogens with zero attached hydrogens (tertiary/aromatic N) is 1. The Morgan fingerprint density at radius 3 is 2.25 bits per heavy atom. The van der Waals surface area contributed by atoms with E-state index < -0.39 is 37.1 Å². The summed E-state index contributed by atoms with van der Waals surface area (Å²) in [5.74, 6) is -0.821. The fourth-order valence-corrected chi connectivity index (χ4v) is 1.41. The van der Waals surface area contributed by atoms with E-state index in [1.165, 1.54) is 0 Å². The Balaban J connectivity index is 0.00000225.